The lowest BCUT2D eigenvalue weighted by Crippen LogP contribution is -2.39. The number of rotatable bonds is 4. The number of hydrogen-bond acceptors (Lipinski definition) is 6. The molecule has 3 aromatic rings. The van der Waals surface area contributed by atoms with Crippen molar-refractivity contribution in [2.45, 2.75) is 25.8 Å². The number of methoxy groups -OCH3 is 1. The number of carbonyl (C=O) groups excluding carboxylic acids is 2. The molecule has 0 atom stereocenters. The Bertz CT molecular complexity index is 982. The number of aryl methyl sites for hydroxylation is 1. The zero-order valence-corrected chi connectivity index (χ0v) is 17.4. The monoisotopic (exact) mass is 415 g/mol. The number of likely N-dealkylation sites (tertiary alicyclic amines) is 1. The summed E-state index contributed by atoms with van der Waals surface area (Å²) < 4.78 is 6.83. The molecule has 1 amide bonds. The Balaban J connectivity index is 1.45. The SMILES string of the molecule is COC(=O)c1cccn1C1CCN(C(=O)c2sc(-c3cccs3)nc2C)CC1. The van der Waals surface area contributed by atoms with Gasteiger partial charge < -0.3 is 14.2 Å². The van der Waals surface area contributed by atoms with Crippen LogP contribution in [-0.2, 0) is 4.74 Å². The second-order valence-corrected chi connectivity index (χ2v) is 8.67. The summed E-state index contributed by atoms with van der Waals surface area (Å²) in [4.78, 5) is 33.3. The van der Waals surface area contributed by atoms with Gasteiger partial charge in [-0.1, -0.05) is 6.07 Å². The van der Waals surface area contributed by atoms with Crippen molar-refractivity contribution in [2.24, 2.45) is 0 Å². The van der Waals surface area contributed by atoms with E-state index in [1.807, 2.05) is 46.2 Å². The number of carbonyl (C=O) groups is 2. The molecule has 1 fully saturated rings. The highest BCUT2D eigenvalue weighted by Gasteiger charge is 2.28. The Morgan fingerprint density at radius 2 is 2.00 bits per heavy atom. The highest BCUT2D eigenvalue weighted by molar-refractivity contribution is 7.22. The molecule has 0 N–H and O–H groups in total. The third kappa shape index (κ3) is 3.49. The molecule has 0 radical (unpaired) electrons. The van der Waals surface area contributed by atoms with Crippen LogP contribution >= 0.6 is 22.7 Å². The van der Waals surface area contributed by atoms with Crippen LogP contribution in [0.3, 0.4) is 0 Å². The van der Waals surface area contributed by atoms with Crippen LogP contribution < -0.4 is 0 Å². The Morgan fingerprint density at radius 1 is 1.21 bits per heavy atom. The number of piperidine rings is 1. The lowest BCUT2D eigenvalue weighted by Gasteiger charge is -2.33. The number of aromatic nitrogens is 2. The number of thiazole rings is 1. The lowest BCUT2D eigenvalue weighted by molar-refractivity contribution is 0.0573. The maximum atomic E-state index is 13.0. The number of ether oxygens (including phenoxy) is 1. The molecule has 0 aliphatic carbocycles. The van der Waals surface area contributed by atoms with Crippen LogP contribution in [0.4, 0.5) is 0 Å². The van der Waals surface area contributed by atoms with Crippen molar-refractivity contribution in [2.75, 3.05) is 20.2 Å². The van der Waals surface area contributed by atoms with E-state index < -0.39 is 0 Å². The van der Waals surface area contributed by atoms with Gasteiger partial charge in [-0.05, 0) is 43.3 Å². The van der Waals surface area contributed by atoms with E-state index >= 15 is 0 Å². The van der Waals surface area contributed by atoms with Crippen LogP contribution in [0.25, 0.3) is 9.88 Å². The molecule has 28 heavy (non-hydrogen) atoms. The van der Waals surface area contributed by atoms with Crippen LogP contribution in [0.15, 0.2) is 35.8 Å². The maximum absolute atomic E-state index is 13.0. The summed E-state index contributed by atoms with van der Waals surface area (Å²) in [6.45, 7) is 3.22. The van der Waals surface area contributed by atoms with Crippen molar-refractivity contribution in [3.05, 3.63) is 52.1 Å². The summed E-state index contributed by atoms with van der Waals surface area (Å²) in [6.07, 6.45) is 3.52. The molecule has 0 aromatic carbocycles. The normalized spacial score (nSPS) is 15.0. The number of hydrogen-bond donors (Lipinski definition) is 0. The smallest absolute Gasteiger partial charge is 0.354 e. The van der Waals surface area contributed by atoms with E-state index in [0.29, 0.717) is 18.8 Å². The molecule has 1 saturated heterocycles. The molecule has 3 aromatic heterocycles. The zero-order chi connectivity index (χ0) is 19.7. The van der Waals surface area contributed by atoms with Crippen LogP contribution in [0.2, 0.25) is 0 Å². The summed E-state index contributed by atoms with van der Waals surface area (Å²) >= 11 is 3.10. The molecule has 1 aliphatic heterocycles. The van der Waals surface area contributed by atoms with Crippen molar-refractivity contribution in [1.82, 2.24) is 14.5 Å². The maximum Gasteiger partial charge on any atom is 0.354 e. The first-order valence-corrected chi connectivity index (χ1v) is 10.8. The minimum Gasteiger partial charge on any atom is -0.464 e. The predicted octanol–water partition coefficient (Wildman–Crippen LogP) is 4.25. The highest BCUT2D eigenvalue weighted by Crippen LogP contribution is 2.33. The van der Waals surface area contributed by atoms with E-state index in [9.17, 15) is 9.59 Å². The fourth-order valence-corrected chi connectivity index (χ4v) is 5.41. The van der Waals surface area contributed by atoms with E-state index in [1.165, 1.54) is 18.4 Å². The van der Waals surface area contributed by atoms with Gasteiger partial charge >= 0.3 is 5.97 Å². The standard InChI is InChI=1S/C20H21N3O3S2/c1-13-17(28-18(21-13)16-6-4-12-27-16)19(24)22-10-7-14(8-11-22)23-9-3-5-15(23)20(25)26-2/h3-6,9,12,14H,7-8,10-11H2,1-2H3. The van der Waals surface area contributed by atoms with Crippen molar-refractivity contribution in [3.63, 3.8) is 0 Å². The first-order valence-electron chi connectivity index (χ1n) is 9.14. The molecular weight excluding hydrogens is 394 g/mol. The highest BCUT2D eigenvalue weighted by atomic mass is 32.1. The number of thiophene rings is 1. The fourth-order valence-electron chi connectivity index (χ4n) is 3.58. The molecular formula is C20H21N3O3S2. The average Bonchev–Trinajstić information content (AvgIpc) is 3.47. The van der Waals surface area contributed by atoms with Gasteiger partial charge in [0.15, 0.2) is 0 Å². The van der Waals surface area contributed by atoms with Crippen molar-refractivity contribution in [1.29, 1.82) is 0 Å². The lowest BCUT2D eigenvalue weighted by atomic mass is 10.0. The number of esters is 1. The Morgan fingerprint density at radius 3 is 2.68 bits per heavy atom. The molecule has 4 rings (SSSR count). The quantitative estimate of drug-likeness (QED) is 0.598. The predicted molar refractivity (Wildman–Crippen MR) is 110 cm³/mol. The first-order chi connectivity index (χ1) is 13.6. The number of nitrogens with zero attached hydrogens (tertiary/aromatic N) is 3. The van der Waals surface area contributed by atoms with Gasteiger partial charge in [0.2, 0.25) is 0 Å². The average molecular weight is 416 g/mol. The largest absolute Gasteiger partial charge is 0.464 e. The van der Waals surface area contributed by atoms with Crippen molar-refractivity contribution in [3.8, 4) is 9.88 Å². The van der Waals surface area contributed by atoms with Gasteiger partial charge in [-0.3, -0.25) is 4.79 Å². The summed E-state index contributed by atoms with van der Waals surface area (Å²) in [5, 5.41) is 2.92. The summed E-state index contributed by atoms with van der Waals surface area (Å²) in [5.74, 6) is -0.276. The number of amides is 1. The van der Waals surface area contributed by atoms with E-state index in [4.69, 9.17) is 4.74 Å². The summed E-state index contributed by atoms with van der Waals surface area (Å²) in [5.41, 5.74) is 1.35. The van der Waals surface area contributed by atoms with Crippen LogP contribution in [0, 0.1) is 6.92 Å². The third-order valence-electron chi connectivity index (χ3n) is 5.04. The second-order valence-electron chi connectivity index (χ2n) is 6.73. The topological polar surface area (TPSA) is 64.4 Å². The van der Waals surface area contributed by atoms with Gasteiger partial charge in [0.05, 0.1) is 17.7 Å². The van der Waals surface area contributed by atoms with Crippen molar-refractivity contribution >= 4 is 34.6 Å². The second kappa shape index (κ2) is 7.89. The Kier molecular flexibility index (Phi) is 5.32. The Labute approximate surface area is 171 Å². The van der Waals surface area contributed by atoms with Gasteiger partial charge in [0, 0.05) is 25.3 Å². The van der Waals surface area contributed by atoms with E-state index in [0.717, 1.165) is 33.3 Å². The van der Waals surface area contributed by atoms with E-state index in [2.05, 4.69) is 4.98 Å². The third-order valence-corrected chi connectivity index (χ3v) is 7.23. The molecule has 0 saturated carbocycles. The molecule has 0 bridgehead atoms. The first kappa shape index (κ1) is 18.9. The zero-order valence-electron chi connectivity index (χ0n) is 15.8. The minimum atomic E-state index is -0.329. The van der Waals surface area contributed by atoms with Gasteiger partial charge in [0.1, 0.15) is 15.6 Å². The molecule has 4 heterocycles. The van der Waals surface area contributed by atoms with Gasteiger partial charge in [-0.25, -0.2) is 9.78 Å². The molecule has 1 aliphatic rings. The fraction of sp³-hybridized carbons (Fsp3) is 0.350. The minimum absolute atomic E-state index is 0.0527. The van der Waals surface area contributed by atoms with Gasteiger partial charge in [-0.2, -0.15) is 0 Å². The molecule has 0 unspecified atom stereocenters. The van der Waals surface area contributed by atoms with E-state index in [-0.39, 0.29) is 17.9 Å². The van der Waals surface area contributed by atoms with Crippen LogP contribution in [0.5, 0.6) is 0 Å². The van der Waals surface area contributed by atoms with E-state index in [1.54, 1.807) is 17.4 Å². The van der Waals surface area contributed by atoms with Crippen LogP contribution in [-0.4, -0.2) is 46.5 Å². The molecule has 8 heteroatoms. The Hall–Kier alpha value is -2.45. The summed E-state index contributed by atoms with van der Waals surface area (Å²) in [6, 6.07) is 7.84. The van der Waals surface area contributed by atoms with Gasteiger partial charge in [0.25, 0.3) is 5.91 Å². The molecule has 6 nitrogen and oxygen atoms in total. The van der Waals surface area contributed by atoms with Crippen LogP contribution in [0.1, 0.15) is 44.7 Å². The molecule has 0 spiro atoms. The van der Waals surface area contributed by atoms with Gasteiger partial charge in [-0.15, -0.1) is 22.7 Å². The van der Waals surface area contributed by atoms with Crippen molar-refractivity contribution < 1.29 is 14.3 Å². The molecule has 146 valence electrons. The summed E-state index contributed by atoms with van der Waals surface area (Å²) in [7, 11) is 1.39.